The molecule has 0 N–H and O–H groups in total. The number of esters is 1. The molecule has 3 rings (SSSR count). The largest absolute Gasteiger partial charge is 0.462 e. The minimum absolute atomic E-state index is 0.184. The molecule has 2 aromatic rings. The fourth-order valence-electron chi connectivity index (χ4n) is 3.71. The van der Waals surface area contributed by atoms with Gasteiger partial charge in [0.25, 0.3) is 0 Å². The van der Waals surface area contributed by atoms with Crippen LogP contribution in [0.4, 0.5) is 0 Å². The first-order valence-electron chi connectivity index (χ1n) is 9.67. The van der Waals surface area contributed by atoms with E-state index in [-0.39, 0.29) is 16.8 Å². The van der Waals surface area contributed by atoms with Crippen molar-refractivity contribution in [1.29, 1.82) is 0 Å². The van der Waals surface area contributed by atoms with Gasteiger partial charge in [-0.25, -0.2) is 4.79 Å². The van der Waals surface area contributed by atoms with Crippen molar-refractivity contribution in [2.75, 3.05) is 6.61 Å². The number of rotatable bonds is 2. The Morgan fingerprint density at radius 3 is 2.07 bits per heavy atom. The summed E-state index contributed by atoms with van der Waals surface area (Å²) in [5.41, 5.74) is 5.75. The van der Waals surface area contributed by atoms with Crippen LogP contribution in [-0.4, -0.2) is 12.6 Å². The average Bonchev–Trinajstić information content (AvgIpc) is 2.64. The monoisotopic (exact) mass is 360 g/mol. The van der Waals surface area contributed by atoms with Crippen LogP contribution in [0.2, 0.25) is 0 Å². The number of fused-ring (bicyclic) bond motifs is 1. The van der Waals surface area contributed by atoms with E-state index in [1.165, 1.54) is 24.0 Å². The van der Waals surface area contributed by atoms with Gasteiger partial charge in [0.15, 0.2) is 0 Å². The van der Waals surface area contributed by atoms with Crippen LogP contribution in [0.1, 0.15) is 80.1 Å². The number of ether oxygens (including phenoxy) is 1. The first-order chi connectivity index (χ1) is 12.7. The van der Waals surface area contributed by atoms with Gasteiger partial charge in [-0.3, -0.25) is 0 Å². The Morgan fingerprint density at radius 1 is 0.889 bits per heavy atom. The molecule has 0 saturated heterocycles. The molecule has 27 heavy (non-hydrogen) atoms. The summed E-state index contributed by atoms with van der Waals surface area (Å²) in [6, 6.07) is 13.9. The number of carbonyl (C=O) groups is 1. The number of hydrogen-bond donors (Lipinski definition) is 0. The predicted octanol–water partition coefficient (Wildman–Crippen LogP) is 5.61. The maximum Gasteiger partial charge on any atom is 0.338 e. The molecule has 0 amide bonds. The molecule has 0 fully saturated rings. The highest BCUT2D eigenvalue weighted by atomic mass is 16.5. The smallest absolute Gasteiger partial charge is 0.338 e. The van der Waals surface area contributed by atoms with E-state index in [1.807, 2.05) is 12.1 Å². The fourth-order valence-corrected chi connectivity index (χ4v) is 3.71. The van der Waals surface area contributed by atoms with Crippen LogP contribution in [0, 0.1) is 11.8 Å². The lowest BCUT2D eigenvalue weighted by molar-refractivity contribution is 0.0526. The first-order valence-corrected chi connectivity index (χ1v) is 9.67. The Labute approximate surface area is 163 Å². The summed E-state index contributed by atoms with van der Waals surface area (Å²) in [6.07, 6.45) is 2.41. The normalized spacial score (nSPS) is 16.6. The summed E-state index contributed by atoms with van der Waals surface area (Å²) in [7, 11) is 0. The van der Waals surface area contributed by atoms with Gasteiger partial charge >= 0.3 is 5.97 Å². The summed E-state index contributed by atoms with van der Waals surface area (Å²) >= 11 is 0. The molecule has 0 aliphatic heterocycles. The maximum absolute atomic E-state index is 11.7. The van der Waals surface area contributed by atoms with Crippen molar-refractivity contribution < 1.29 is 9.53 Å². The highest BCUT2D eigenvalue weighted by Gasteiger charge is 2.36. The summed E-state index contributed by atoms with van der Waals surface area (Å²) < 4.78 is 5.01. The quantitative estimate of drug-likeness (QED) is 0.514. The lowest BCUT2D eigenvalue weighted by Crippen LogP contribution is -2.33. The van der Waals surface area contributed by atoms with Gasteiger partial charge < -0.3 is 4.74 Å². The number of hydrogen-bond acceptors (Lipinski definition) is 2. The van der Waals surface area contributed by atoms with Crippen LogP contribution in [0.3, 0.4) is 0 Å². The lowest BCUT2D eigenvalue weighted by atomic mass is 9.63. The second-order valence-electron chi connectivity index (χ2n) is 8.58. The van der Waals surface area contributed by atoms with E-state index >= 15 is 0 Å². The van der Waals surface area contributed by atoms with E-state index in [1.54, 1.807) is 19.1 Å². The Balaban J connectivity index is 1.87. The Hall–Kier alpha value is -2.53. The van der Waals surface area contributed by atoms with E-state index in [9.17, 15) is 4.79 Å². The second-order valence-corrected chi connectivity index (χ2v) is 8.58. The van der Waals surface area contributed by atoms with E-state index in [0.29, 0.717) is 12.2 Å². The molecule has 0 bridgehead atoms. The SMILES string of the molecule is CCOC(=O)c1ccc(C#Cc2ccc3c(c2)C(C)(C)CCC3(C)C)cc1. The number of carbonyl (C=O) groups excluding carboxylic acids is 1. The number of benzene rings is 2. The summed E-state index contributed by atoms with van der Waals surface area (Å²) in [4.78, 5) is 11.7. The van der Waals surface area contributed by atoms with Crippen LogP contribution in [0.25, 0.3) is 0 Å². The topological polar surface area (TPSA) is 26.3 Å². The van der Waals surface area contributed by atoms with Crippen LogP contribution < -0.4 is 0 Å². The van der Waals surface area contributed by atoms with Crippen molar-refractivity contribution in [1.82, 2.24) is 0 Å². The highest BCUT2D eigenvalue weighted by Crippen LogP contribution is 2.45. The standard InChI is InChI=1S/C25H28O2/c1-6-27-23(26)20-12-9-18(10-13-20)7-8-19-11-14-21-22(17-19)25(4,5)16-15-24(21,2)3/h9-14,17H,6,15-16H2,1-5H3. The molecule has 0 spiro atoms. The van der Waals surface area contributed by atoms with Crippen molar-refractivity contribution in [3.8, 4) is 11.8 Å². The molecule has 1 aliphatic carbocycles. The molecule has 1 aliphatic rings. The van der Waals surface area contributed by atoms with Crippen LogP contribution in [-0.2, 0) is 15.6 Å². The fraction of sp³-hybridized carbons (Fsp3) is 0.400. The molecule has 0 aromatic heterocycles. The molecular formula is C25H28O2. The van der Waals surface area contributed by atoms with Crippen molar-refractivity contribution in [2.45, 2.75) is 58.3 Å². The zero-order valence-corrected chi connectivity index (χ0v) is 17.0. The van der Waals surface area contributed by atoms with E-state index in [4.69, 9.17) is 4.74 Å². The maximum atomic E-state index is 11.7. The molecule has 0 heterocycles. The predicted molar refractivity (Wildman–Crippen MR) is 110 cm³/mol. The summed E-state index contributed by atoms with van der Waals surface area (Å²) in [5.74, 6) is 6.20. The lowest BCUT2D eigenvalue weighted by Gasteiger charge is -2.41. The third kappa shape index (κ3) is 4.08. The van der Waals surface area contributed by atoms with Gasteiger partial charge in [-0.1, -0.05) is 45.6 Å². The van der Waals surface area contributed by atoms with E-state index in [2.05, 4.69) is 57.7 Å². The molecule has 0 saturated carbocycles. The molecule has 2 heteroatoms. The third-order valence-corrected chi connectivity index (χ3v) is 5.60. The van der Waals surface area contributed by atoms with Gasteiger partial charge in [-0.2, -0.15) is 0 Å². The second kappa shape index (κ2) is 7.24. The third-order valence-electron chi connectivity index (χ3n) is 5.60. The summed E-state index contributed by atoms with van der Waals surface area (Å²) in [6.45, 7) is 11.5. The summed E-state index contributed by atoms with van der Waals surface area (Å²) in [5, 5.41) is 0. The van der Waals surface area contributed by atoms with Crippen LogP contribution in [0.5, 0.6) is 0 Å². The zero-order chi connectivity index (χ0) is 19.7. The van der Waals surface area contributed by atoms with E-state index in [0.717, 1.165) is 11.1 Å². The van der Waals surface area contributed by atoms with Gasteiger partial charge in [-0.15, -0.1) is 0 Å². The minimum Gasteiger partial charge on any atom is -0.462 e. The Morgan fingerprint density at radius 2 is 1.44 bits per heavy atom. The van der Waals surface area contributed by atoms with Crippen molar-refractivity contribution in [2.24, 2.45) is 0 Å². The van der Waals surface area contributed by atoms with Gasteiger partial charge in [0.2, 0.25) is 0 Å². The molecular weight excluding hydrogens is 332 g/mol. The van der Waals surface area contributed by atoms with Crippen LogP contribution in [0.15, 0.2) is 42.5 Å². The zero-order valence-electron chi connectivity index (χ0n) is 17.0. The van der Waals surface area contributed by atoms with Gasteiger partial charge in [0, 0.05) is 11.1 Å². The average molecular weight is 360 g/mol. The van der Waals surface area contributed by atoms with Crippen molar-refractivity contribution in [3.05, 3.63) is 70.3 Å². The van der Waals surface area contributed by atoms with Crippen LogP contribution >= 0.6 is 0 Å². The molecule has 2 nitrogen and oxygen atoms in total. The van der Waals surface area contributed by atoms with Crippen molar-refractivity contribution >= 4 is 5.97 Å². The molecule has 0 atom stereocenters. The molecule has 2 aromatic carbocycles. The first kappa shape index (κ1) is 19.2. The molecule has 140 valence electrons. The van der Waals surface area contributed by atoms with E-state index < -0.39 is 0 Å². The highest BCUT2D eigenvalue weighted by molar-refractivity contribution is 5.89. The molecule has 0 radical (unpaired) electrons. The Bertz CT molecular complexity index is 906. The molecule has 0 unspecified atom stereocenters. The van der Waals surface area contributed by atoms with Gasteiger partial charge in [-0.05, 0) is 78.1 Å². The van der Waals surface area contributed by atoms with Gasteiger partial charge in [0.05, 0.1) is 12.2 Å². The minimum atomic E-state index is -0.295. The Kier molecular flexibility index (Phi) is 5.16. The van der Waals surface area contributed by atoms with Gasteiger partial charge in [0.1, 0.15) is 0 Å². The van der Waals surface area contributed by atoms with Crippen molar-refractivity contribution in [3.63, 3.8) is 0 Å².